The Morgan fingerprint density at radius 2 is 1.78 bits per heavy atom. The van der Waals surface area contributed by atoms with E-state index in [2.05, 4.69) is 66.8 Å². The van der Waals surface area contributed by atoms with Crippen molar-refractivity contribution in [3.05, 3.63) is 71.3 Å². The highest BCUT2D eigenvalue weighted by atomic mass is 35.5. The molecule has 23 heavy (non-hydrogen) atoms. The van der Waals surface area contributed by atoms with Crippen LogP contribution >= 0.6 is 12.4 Å². The summed E-state index contributed by atoms with van der Waals surface area (Å²) in [5.74, 6) is 0.665. The summed E-state index contributed by atoms with van der Waals surface area (Å²) in [7, 11) is 0. The van der Waals surface area contributed by atoms with E-state index in [1.165, 1.54) is 16.7 Å². The van der Waals surface area contributed by atoms with Gasteiger partial charge in [0, 0.05) is 6.54 Å². The van der Waals surface area contributed by atoms with E-state index >= 15 is 0 Å². The number of rotatable bonds is 5. The van der Waals surface area contributed by atoms with Gasteiger partial charge in [-0.25, -0.2) is 0 Å². The smallest absolute Gasteiger partial charge is 0.0721 e. The van der Waals surface area contributed by atoms with Gasteiger partial charge in [0.15, 0.2) is 0 Å². The van der Waals surface area contributed by atoms with Crippen molar-refractivity contribution in [3.8, 4) is 0 Å². The molecule has 0 saturated carbocycles. The first kappa shape index (κ1) is 18.0. The van der Waals surface area contributed by atoms with Crippen LogP contribution in [-0.4, -0.2) is 19.2 Å². The summed E-state index contributed by atoms with van der Waals surface area (Å²) in [5.41, 5.74) is 3.99. The van der Waals surface area contributed by atoms with Crippen LogP contribution in [0, 0.1) is 12.8 Å². The number of nitrogens with one attached hydrogen (secondary N) is 1. The van der Waals surface area contributed by atoms with E-state index in [1.807, 2.05) is 0 Å². The lowest BCUT2D eigenvalue weighted by atomic mass is 9.91. The predicted molar refractivity (Wildman–Crippen MR) is 98.1 cm³/mol. The summed E-state index contributed by atoms with van der Waals surface area (Å²) in [5, 5.41) is 3.53. The molecule has 1 N–H and O–H groups in total. The van der Waals surface area contributed by atoms with Gasteiger partial charge in [-0.05, 0) is 43.4 Å². The van der Waals surface area contributed by atoms with Crippen molar-refractivity contribution in [1.29, 1.82) is 0 Å². The van der Waals surface area contributed by atoms with Gasteiger partial charge >= 0.3 is 0 Å². The molecule has 0 aliphatic carbocycles. The standard InChI is InChI=1S/C20H25NO.ClH/c1-16-6-5-9-18(10-16)15-22-20-12-19(13-21-14-20)11-17-7-3-2-4-8-17;/h2-10,19-21H,11-15H2,1H3;1H. The van der Waals surface area contributed by atoms with Gasteiger partial charge in [-0.3, -0.25) is 0 Å². The molecule has 124 valence electrons. The van der Waals surface area contributed by atoms with Crippen LogP contribution in [0.4, 0.5) is 0 Å². The average Bonchev–Trinajstić information content (AvgIpc) is 2.54. The molecule has 3 heteroatoms. The Kier molecular flexibility index (Phi) is 7.10. The number of hydrogen-bond donors (Lipinski definition) is 1. The first-order valence-electron chi connectivity index (χ1n) is 8.21. The van der Waals surface area contributed by atoms with E-state index in [0.717, 1.165) is 25.9 Å². The zero-order chi connectivity index (χ0) is 15.2. The second kappa shape index (κ2) is 9.07. The lowest BCUT2D eigenvalue weighted by molar-refractivity contribution is 0.0114. The predicted octanol–water partition coefficient (Wildman–Crippen LogP) is 4.15. The van der Waals surface area contributed by atoms with Crippen LogP contribution in [0.3, 0.4) is 0 Å². The fraction of sp³-hybridized carbons (Fsp3) is 0.400. The Morgan fingerprint density at radius 1 is 1.00 bits per heavy atom. The summed E-state index contributed by atoms with van der Waals surface area (Å²) < 4.78 is 6.13. The molecule has 1 heterocycles. The van der Waals surface area contributed by atoms with E-state index in [0.29, 0.717) is 18.6 Å². The van der Waals surface area contributed by atoms with Crippen molar-refractivity contribution in [2.75, 3.05) is 13.1 Å². The van der Waals surface area contributed by atoms with E-state index in [9.17, 15) is 0 Å². The summed E-state index contributed by atoms with van der Waals surface area (Å²) in [6.45, 7) is 4.91. The van der Waals surface area contributed by atoms with Gasteiger partial charge in [0.25, 0.3) is 0 Å². The highest BCUT2D eigenvalue weighted by molar-refractivity contribution is 5.85. The Balaban J connectivity index is 0.00000192. The molecule has 2 atom stereocenters. The van der Waals surface area contributed by atoms with Crippen LogP contribution in [0.5, 0.6) is 0 Å². The van der Waals surface area contributed by atoms with Crippen LogP contribution in [0.15, 0.2) is 54.6 Å². The topological polar surface area (TPSA) is 21.3 Å². The number of halogens is 1. The quantitative estimate of drug-likeness (QED) is 0.888. The van der Waals surface area contributed by atoms with Crippen molar-refractivity contribution in [1.82, 2.24) is 5.32 Å². The minimum atomic E-state index is 0. The molecule has 1 aliphatic heterocycles. The third-order valence-corrected chi connectivity index (χ3v) is 4.34. The molecule has 1 aliphatic rings. The number of hydrogen-bond acceptors (Lipinski definition) is 2. The third-order valence-electron chi connectivity index (χ3n) is 4.34. The molecule has 2 nitrogen and oxygen atoms in total. The van der Waals surface area contributed by atoms with Crippen molar-refractivity contribution in [2.24, 2.45) is 5.92 Å². The summed E-state index contributed by atoms with van der Waals surface area (Å²) in [6, 6.07) is 19.3. The Hall–Kier alpha value is -1.35. The molecule has 0 radical (unpaired) electrons. The normalized spacial score (nSPS) is 20.7. The largest absolute Gasteiger partial charge is 0.372 e. The highest BCUT2D eigenvalue weighted by Crippen LogP contribution is 2.19. The van der Waals surface area contributed by atoms with Crippen LogP contribution in [0.25, 0.3) is 0 Å². The lowest BCUT2D eigenvalue weighted by Gasteiger charge is -2.30. The molecule has 2 aromatic rings. The van der Waals surface area contributed by atoms with Gasteiger partial charge in [-0.2, -0.15) is 0 Å². The van der Waals surface area contributed by atoms with Gasteiger partial charge in [0.05, 0.1) is 12.7 Å². The second-order valence-corrected chi connectivity index (χ2v) is 6.37. The zero-order valence-electron chi connectivity index (χ0n) is 13.7. The van der Waals surface area contributed by atoms with E-state index in [-0.39, 0.29) is 12.4 Å². The molecule has 2 aromatic carbocycles. The number of benzene rings is 2. The van der Waals surface area contributed by atoms with Crippen molar-refractivity contribution in [2.45, 2.75) is 32.5 Å². The van der Waals surface area contributed by atoms with Gasteiger partial charge < -0.3 is 10.1 Å². The molecule has 3 rings (SSSR count). The molecular formula is C20H26ClNO. The number of piperidine rings is 1. The summed E-state index contributed by atoms with van der Waals surface area (Å²) in [6.07, 6.45) is 2.61. The zero-order valence-corrected chi connectivity index (χ0v) is 14.5. The molecule has 0 bridgehead atoms. The maximum Gasteiger partial charge on any atom is 0.0721 e. The minimum Gasteiger partial charge on any atom is -0.372 e. The molecule has 1 saturated heterocycles. The van der Waals surface area contributed by atoms with Gasteiger partial charge in [0.1, 0.15) is 0 Å². The van der Waals surface area contributed by atoms with Gasteiger partial charge in [0.2, 0.25) is 0 Å². The maximum absolute atomic E-state index is 6.13. The molecule has 1 fully saturated rings. The Morgan fingerprint density at radius 3 is 2.57 bits per heavy atom. The second-order valence-electron chi connectivity index (χ2n) is 6.37. The maximum atomic E-state index is 6.13. The average molecular weight is 332 g/mol. The SMILES string of the molecule is Cc1cccc(COC2CNCC(Cc3ccccc3)C2)c1.Cl. The first-order valence-corrected chi connectivity index (χ1v) is 8.21. The third kappa shape index (κ3) is 5.65. The van der Waals surface area contributed by atoms with Gasteiger partial charge in [-0.15, -0.1) is 12.4 Å². The summed E-state index contributed by atoms with van der Waals surface area (Å²) in [4.78, 5) is 0. The molecule has 0 spiro atoms. The minimum absolute atomic E-state index is 0. The van der Waals surface area contributed by atoms with Crippen LogP contribution in [0.1, 0.15) is 23.1 Å². The fourth-order valence-corrected chi connectivity index (χ4v) is 3.23. The molecule has 2 unspecified atom stereocenters. The van der Waals surface area contributed by atoms with Crippen molar-refractivity contribution in [3.63, 3.8) is 0 Å². The Labute approximate surface area is 145 Å². The van der Waals surface area contributed by atoms with Crippen molar-refractivity contribution < 1.29 is 4.74 Å². The number of aryl methyl sites for hydroxylation is 1. The van der Waals surface area contributed by atoms with E-state index in [4.69, 9.17) is 4.74 Å². The molecule has 0 aromatic heterocycles. The highest BCUT2D eigenvalue weighted by Gasteiger charge is 2.22. The van der Waals surface area contributed by atoms with Crippen LogP contribution < -0.4 is 5.32 Å². The first-order chi connectivity index (χ1) is 10.8. The number of ether oxygens (including phenoxy) is 1. The van der Waals surface area contributed by atoms with Gasteiger partial charge in [-0.1, -0.05) is 60.2 Å². The fourth-order valence-electron chi connectivity index (χ4n) is 3.23. The van der Waals surface area contributed by atoms with Crippen LogP contribution in [-0.2, 0) is 17.8 Å². The molecular weight excluding hydrogens is 306 g/mol. The van der Waals surface area contributed by atoms with E-state index < -0.39 is 0 Å². The van der Waals surface area contributed by atoms with E-state index in [1.54, 1.807) is 0 Å². The summed E-state index contributed by atoms with van der Waals surface area (Å²) >= 11 is 0. The monoisotopic (exact) mass is 331 g/mol. The Bertz CT molecular complexity index is 587. The molecule has 0 amide bonds. The van der Waals surface area contributed by atoms with Crippen LogP contribution in [0.2, 0.25) is 0 Å². The van der Waals surface area contributed by atoms with Crippen molar-refractivity contribution >= 4 is 12.4 Å². The lowest BCUT2D eigenvalue weighted by Crippen LogP contribution is -2.41.